The van der Waals surface area contributed by atoms with Gasteiger partial charge in [0, 0.05) is 44.5 Å². The summed E-state index contributed by atoms with van der Waals surface area (Å²) in [6, 6.07) is 3.20. The fourth-order valence-electron chi connectivity index (χ4n) is 2.49. The molecule has 0 aliphatic carbocycles. The predicted octanol–water partition coefficient (Wildman–Crippen LogP) is 1.67. The van der Waals surface area contributed by atoms with Crippen LogP contribution in [0.5, 0.6) is 0 Å². The molecule has 1 aliphatic rings. The fourth-order valence-corrected chi connectivity index (χ4v) is 2.72. The van der Waals surface area contributed by atoms with Gasteiger partial charge in [-0.05, 0) is 18.6 Å². The molecular weight excluding hydrogens is 282 g/mol. The second kappa shape index (κ2) is 6.39. The molecule has 0 saturated carbocycles. The van der Waals surface area contributed by atoms with Gasteiger partial charge in [-0.1, -0.05) is 11.6 Å². The minimum Gasteiger partial charge on any atom is -0.395 e. The lowest BCUT2D eigenvalue weighted by molar-refractivity contribution is -0.384. The molecular formula is C13H18ClN3O3. The molecule has 1 heterocycles. The summed E-state index contributed by atoms with van der Waals surface area (Å²) >= 11 is 5.98. The normalized spacial score (nSPS) is 16.4. The van der Waals surface area contributed by atoms with Crippen LogP contribution < -0.4 is 4.90 Å². The van der Waals surface area contributed by atoms with E-state index in [4.69, 9.17) is 16.7 Å². The van der Waals surface area contributed by atoms with Crippen LogP contribution in [0.25, 0.3) is 0 Å². The maximum atomic E-state index is 10.9. The molecule has 110 valence electrons. The maximum absolute atomic E-state index is 10.9. The number of rotatable bonds is 4. The van der Waals surface area contributed by atoms with Gasteiger partial charge in [0.05, 0.1) is 11.5 Å². The van der Waals surface area contributed by atoms with Crippen LogP contribution >= 0.6 is 11.6 Å². The highest BCUT2D eigenvalue weighted by Gasteiger charge is 2.21. The molecule has 20 heavy (non-hydrogen) atoms. The van der Waals surface area contributed by atoms with Gasteiger partial charge < -0.3 is 10.0 Å². The Hall–Kier alpha value is -1.37. The Morgan fingerprint density at radius 2 is 2.00 bits per heavy atom. The lowest BCUT2D eigenvalue weighted by atomic mass is 10.1. The quantitative estimate of drug-likeness (QED) is 0.676. The zero-order chi connectivity index (χ0) is 14.7. The summed E-state index contributed by atoms with van der Waals surface area (Å²) in [6.07, 6.45) is 0. The zero-order valence-electron chi connectivity index (χ0n) is 11.4. The van der Waals surface area contributed by atoms with E-state index in [1.807, 2.05) is 6.92 Å². The third-order valence-corrected chi connectivity index (χ3v) is 3.89. The van der Waals surface area contributed by atoms with Gasteiger partial charge in [-0.15, -0.1) is 0 Å². The summed E-state index contributed by atoms with van der Waals surface area (Å²) in [5, 5.41) is 20.0. The van der Waals surface area contributed by atoms with Crippen LogP contribution in [0.4, 0.5) is 11.4 Å². The molecule has 1 saturated heterocycles. The Morgan fingerprint density at radius 3 is 2.55 bits per heavy atom. The Balaban J connectivity index is 2.14. The van der Waals surface area contributed by atoms with E-state index in [1.54, 1.807) is 6.07 Å². The molecule has 6 nitrogen and oxygen atoms in total. The van der Waals surface area contributed by atoms with E-state index in [2.05, 4.69) is 9.80 Å². The average molecular weight is 300 g/mol. The Labute approximate surface area is 122 Å². The van der Waals surface area contributed by atoms with Gasteiger partial charge in [0.1, 0.15) is 5.02 Å². The molecule has 1 aromatic carbocycles. The number of nitrogens with zero attached hydrogens (tertiary/aromatic N) is 3. The number of aliphatic hydroxyl groups excluding tert-OH is 1. The molecule has 1 N–H and O–H groups in total. The van der Waals surface area contributed by atoms with Gasteiger partial charge in [0.25, 0.3) is 5.69 Å². The third-order valence-electron chi connectivity index (χ3n) is 3.59. The summed E-state index contributed by atoms with van der Waals surface area (Å²) < 4.78 is 0. The Kier molecular flexibility index (Phi) is 4.80. The van der Waals surface area contributed by atoms with E-state index in [-0.39, 0.29) is 17.3 Å². The SMILES string of the molecule is Cc1cc([N+](=O)[O-])c(Cl)cc1N1CCN(CCO)CC1. The number of anilines is 1. The van der Waals surface area contributed by atoms with E-state index in [0.29, 0.717) is 6.54 Å². The number of nitro groups is 1. The number of halogens is 1. The molecule has 0 unspecified atom stereocenters. The molecule has 1 fully saturated rings. The second-order valence-corrected chi connectivity index (χ2v) is 5.31. The molecule has 7 heteroatoms. The number of hydrogen-bond donors (Lipinski definition) is 1. The van der Waals surface area contributed by atoms with Crippen molar-refractivity contribution in [3.05, 3.63) is 32.8 Å². The monoisotopic (exact) mass is 299 g/mol. The van der Waals surface area contributed by atoms with Crippen LogP contribution in [0.3, 0.4) is 0 Å². The molecule has 1 aliphatic heterocycles. The van der Waals surface area contributed by atoms with Gasteiger partial charge in [-0.25, -0.2) is 0 Å². The van der Waals surface area contributed by atoms with E-state index in [1.165, 1.54) is 6.07 Å². The number of aliphatic hydroxyl groups is 1. The van der Waals surface area contributed by atoms with Gasteiger partial charge in [0.2, 0.25) is 0 Å². The lowest BCUT2D eigenvalue weighted by Crippen LogP contribution is -2.47. The molecule has 0 aromatic heterocycles. The minimum absolute atomic E-state index is 0.0492. The van der Waals surface area contributed by atoms with Crippen molar-refractivity contribution in [1.29, 1.82) is 0 Å². The van der Waals surface area contributed by atoms with Crippen molar-refractivity contribution < 1.29 is 10.0 Å². The van der Waals surface area contributed by atoms with E-state index in [9.17, 15) is 10.1 Å². The van der Waals surface area contributed by atoms with Gasteiger partial charge in [0.15, 0.2) is 0 Å². The number of aryl methyl sites for hydroxylation is 1. The third kappa shape index (κ3) is 3.20. The zero-order valence-corrected chi connectivity index (χ0v) is 12.1. The molecule has 0 bridgehead atoms. The van der Waals surface area contributed by atoms with E-state index >= 15 is 0 Å². The molecule has 0 amide bonds. The highest BCUT2D eigenvalue weighted by atomic mass is 35.5. The van der Waals surface area contributed by atoms with Crippen molar-refractivity contribution in [2.75, 3.05) is 44.2 Å². The largest absolute Gasteiger partial charge is 0.395 e. The Morgan fingerprint density at radius 1 is 1.35 bits per heavy atom. The van der Waals surface area contributed by atoms with Crippen molar-refractivity contribution in [3.8, 4) is 0 Å². The van der Waals surface area contributed by atoms with Gasteiger partial charge in [-0.2, -0.15) is 0 Å². The lowest BCUT2D eigenvalue weighted by Gasteiger charge is -2.36. The number of hydrogen-bond acceptors (Lipinski definition) is 5. The smallest absolute Gasteiger partial charge is 0.288 e. The standard InChI is InChI=1S/C13H18ClN3O3/c1-10-8-13(17(19)20)11(14)9-12(10)16-4-2-15(3-5-16)6-7-18/h8-9,18H,2-7H2,1H3. The predicted molar refractivity (Wildman–Crippen MR) is 78.6 cm³/mol. The highest BCUT2D eigenvalue weighted by molar-refractivity contribution is 6.33. The van der Waals surface area contributed by atoms with Crippen molar-refractivity contribution in [2.24, 2.45) is 0 Å². The van der Waals surface area contributed by atoms with E-state index < -0.39 is 4.92 Å². The van der Waals surface area contributed by atoms with Crippen molar-refractivity contribution >= 4 is 23.0 Å². The van der Waals surface area contributed by atoms with Crippen LogP contribution in [0.15, 0.2) is 12.1 Å². The molecule has 0 atom stereocenters. The summed E-state index contributed by atoms with van der Waals surface area (Å²) in [5.41, 5.74) is 1.76. The summed E-state index contributed by atoms with van der Waals surface area (Å²) in [6.45, 7) is 6.11. The maximum Gasteiger partial charge on any atom is 0.288 e. The highest BCUT2D eigenvalue weighted by Crippen LogP contribution is 2.32. The van der Waals surface area contributed by atoms with Gasteiger partial charge in [-0.3, -0.25) is 15.0 Å². The van der Waals surface area contributed by atoms with Gasteiger partial charge >= 0.3 is 0 Å². The summed E-state index contributed by atoms with van der Waals surface area (Å²) in [7, 11) is 0. The second-order valence-electron chi connectivity index (χ2n) is 4.90. The first-order chi connectivity index (χ1) is 9.52. The van der Waals surface area contributed by atoms with Crippen LogP contribution in [0, 0.1) is 17.0 Å². The first kappa shape index (κ1) is 15.0. The van der Waals surface area contributed by atoms with E-state index in [0.717, 1.165) is 37.4 Å². The van der Waals surface area contributed by atoms with Crippen LogP contribution in [0.1, 0.15) is 5.56 Å². The number of piperazine rings is 1. The first-order valence-electron chi connectivity index (χ1n) is 6.55. The molecule has 0 spiro atoms. The van der Waals surface area contributed by atoms with Crippen LogP contribution in [-0.2, 0) is 0 Å². The Bertz CT molecular complexity index is 502. The van der Waals surface area contributed by atoms with Crippen molar-refractivity contribution in [3.63, 3.8) is 0 Å². The number of nitro benzene ring substituents is 1. The number of β-amino-alcohol motifs (C(OH)–C–C–N with tert-alkyl or cyclic N) is 1. The topological polar surface area (TPSA) is 69.9 Å². The summed E-state index contributed by atoms with van der Waals surface area (Å²) in [5.74, 6) is 0. The average Bonchev–Trinajstić information content (AvgIpc) is 2.42. The molecule has 2 rings (SSSR count). The van der Waals surface area contributed by atoms with Crippen molar-refractivity contribution in [2.45, 2.75) is 6.92 Å². The number of benzene rings is 1. The minimum atomic E-state index is -0.460. The summed E-state index contributed by atoms with van der Waals surface area (Å²) in [4.78, 5) is 14.8. The molecule has 1 aromatic rings. The first-order valence-corrected chi connectivity index (χ1v) is 6.93. The van der Waals surface area contributed by atoms with Crippen LogP contribution in [0.2, 0.25) is 5.02 Å². The fraction of sp³-hybridized carbons (Fsp3) is 0.538. The van der Waals surface area contributed by atoms with Crippen molar-refractivity contribution in [1.82, 2.24) is 4.90 Å². The van der Waals surface area contributed by atoms with Crippen LogP contribution in [-0.4, -0.2) is 54.3 Å². The molecule has 0 radical (unpaired) electrons.